The summed E-state index contributed by atoms with van der Waals surface area (Å²) in [5.74, 6) is 0. The lowest BCUT2D eigenvalue weighted by molar-refractivity contribution is 1.41. The largest absolute Gasteiger partial charge is 0.192 e. The maximum Gasteiger partial charge on any atom is 0.0995 e. The zero-order valence-electron chi connectivity index (χ0n) is 7.05. The third kappa shape index (κ3) is 1.50. The summed E-state index contributed by atoms with van der Waals surface area (Å²) in [7, 11) is 0. The molecule has 0 aliphatic heterocycles. The van der Waals surface area contributed by atoms with Gasteiger partial charge in [0.25, 0.3) is 0 Å². The molecule has 4 heteroatoms. The lowest BCUT2D eigenvalue weighted by Crippen LogP contribution is -1.86. The first kappa shape index (κ1) is 10.2. The van der Waals surface area contributed by atoms with Crippen molar-refractivity contribution in [2.45, 2.75) is 5.33 Å². The number of nitriles is 1. The molecule has 1 aromatic carbocycles. The van der Waals surface area contributed by atoms with Gasteiger partial charge in [0.1, 0.15) is 0 Å². The molecule has 14 heavy (non-hydrogen) atoms. The van der Waals surface area contributed by atoms with E-state index in [2.05, 4.69) is 43.3 Å². The standard InChI is InChI=1S/C10H5Br2NS/c11-3-7-6(4-13)1-2-9-10(7)8(12)5-14-9/h1-2,5H,3H2. The smallest absolute Gasteiger partial charge is 0.0995 e. The Bertz CT molecular complexity index is 525. The fourth-order valence-electron chi connectivity index (χ4n) is 1.40. The second-order valence-corrected chi connectivity index (χ2v) is 5.12. The van der Waals surface area contributed by atoms with Crippen LogP contribution in [0.15, 0.2) is 22.0 Å². The number of rotatable bonds is 1. The minimum atomic E-state index is 0.711. The molecule has 0 radical (unpaired) electrons. The lowest BCUT2D eigenvalue weighted by atomic mass is 10.1. The summed E-state index contributed by atoms with van der Waals surface area (Å²) in [6, 6.07) is 6.08. The van der Waals surface area contributed by atoms with E-state index in [0.717, 1.165) is 21.0 Å². The summed E-state index contributed by atoms with van der Waals surface area (Å²) in [5, 5.41) is 12.9. The van der Waals surface area contributed by atoms with Crippen LogP contribution in [0.2, 0.25) is 0 Å². The molecule has 0 amide bonds. The first-order valence-corrected chi connectivity index (χ1v) is 6.72. The maximum absolute atomic E-state index is 8.95. The van der Waals surface area contributed by atoms with Gasteiger partial charge >= 0.3 is 0 Å². The normalized spacial score (nSPS) is 10.4. The van der Waals surface area contributed by atoms with Gasteiger partial charge < -0.3 is 0 Å². The average Bonchev–Trinajstić information content (AvgIpc) is 2.59. The third-order valence-electron chi connectivity index (χ3n) is 2.06. The summed E-state index contributed by atoms with van der Waals surface area (Å²) in [5.41, 5.74) is 1.81. The van der Waals surface area contributed by atoms with Crippen molar-refractivity contribution in [2.24, 2.45) is 0 Å². The number of nitrogens with zero attached hydrogens (tertiary/aromatic N) is 1. The fraction of sp³-hybridized carbons (Fsp3) is 0.100. The van der Waals surface area contributed by atoms with E-state index in [0.29, 0.717) is 5.33 Å². The number of halogens is 2. The van der Waals surface area contributed by atoms with Crippen LogP contribution in [-0.4, -0.2) is 0 Å². The van der Waals surface area contributed by atoms with E-state index in [1.54, 1.807) is 11.3 Å². The minimum absolute atomic E-state index is 0.711. The molecule has 2 rings (SSSR count). The quantitative estimate of drug-likeness (QED) is 0.709. The number of thiophene rings is 1. The molecular weight excluding hydrogens is 326 g/mol. The predicted molar refractivity (Wildman–Crippen MR) is 66.9 cm³/mol. The second-order valence-electron chi connectivity index (χ2n) is 2.79. The first-order chi connectivity index (χ1) is 6.77. The summed E-state index contributed by atoms with van der Waals surface area (Å²) < 4.78 is 2.29. The van der Waals surface area contributed by atoms with E-state index in [-0.39, 0.29) is 0 Å². The predicted octanol–water partition coefficient (Wildman–Crippen LogP) is 4.43. The van der Waals surface area contributed by atoms with Gasteiger partial charge in [-0.15, -0.1) is 11.3 Å². The monoisotopic (exact) mass is 329 g/mol. The Kier molecular flexibility index (Phi) is 2.91. The van der Waals surface area contributed by atoms with Crippen molar-refractivity contribution >= 4 is 53.3 Å². The first-order valence-electron chi connectivity index (χ1n) is 3.92. The topological polar surface area (TPSA) is 23.8 Å². The van der Waals surface area contributed by atoms with Crippen LogP contribution in [0.1, 0.15) is 11.1 Å². The van der Waals surface area contributed by atoms with Crippen molar-refractivity contribution in [2.75, 3.05) is 0 Å². The molecule has 1 aromatic heterocycles. The Morgan fingerprint density at radius 2 is 2.21 bits per heavy atom. The zero-order valence-corrected chi connectivity index (χ0v) is 11.0. The van der Waals surface area contributed by atoms with E-state index in [1.165, 1.54) is 4.70 Å². The van der Waals surface area contributed by atoms with Gasteiger partial charge in [-0.2, -0.15) is 5.26 Å². The molecule has 0 atom stereocenters. The van der Waals surface area contributed by atoms with Crippen LogP contribution in [0.25, 0.3) is 10.1 Å². The Labute approximate surface area is 103 Å². The average molecular weight is 331 g/mol. The van der Waals surface area contributed by atoms with Crippen LogP contribution in [0, 0.1) is 11.3 Å². The van der Waals surface area contributed by atoms with Gasteiger partial charge in [0.15, 0.2) is 0 Å². The molecule has 0 aliphatic rings. The highest BCUT2D eigenvalue weighted by molar-refractivity contribution is 9.10. The highest BCUT2D eigenvalue weighted by Gasteiger charge is 2.10. The Morgan fingerprint density at radius 1 is 1.43 bits per heavy atom. The number of alkyl halides is 1. The summed E-state index contributed by atoms with van der Waals surface area (Å²) in [6.07, 6.45) is 0. The van der Waals surface area contributed by atoms with Crippen molar-refractivity contribution in [1.82, 2.24) is 0 Å². The van der Waals surface area contributed by atoms with Crippen molar-refractivity contribution in [3.05, 3.63) is 33.1 Å². The van der Waals surface area contributed by atoms with E-state index in [4.69, 9.17) is 5.26 Å². The van der Waals surface area contributed by atoms with E-state index < -0.39 is 0 Å². The van der Waals surface area contributed by atoms with Crippen LogP contribution in [0.4, 0.5) is 0 Å². The van der Waals surface area contributed by atoms with Crippen molar-refractivity contribution < 1.29 is 0 Å². The summed E-state index contributed by atoms with van der Waals surface area (Å²) in [6.45, 7) is 0. The molecule has 0 saturated heterocycles. The molecule has 1 nitrogen and oxygen atoms in total. The Morgan fingerprint density at radius 3 is 2.86 bits per heavy atom. The van der Waals surface area contributed by atoms with Crippen LogP contribution in [0.5, 0.6) is 0 Å². The van der Waals surface area contributed by atoms with Crippen LogP contribution >= 0.6 is 43.2 Å². The van der Waals surface area contributed by atoms with Gasteiger partial charge in [-0.25, -0.2) is 0 Å². The summed E-state index contributed by atoms with van der Waals surface area (Å²) in [4.78, 5) is 0. The van der Waals surface area contributed by atoms with Gasteiger partial charge in [0.2, 0.25) is 0 Å². The molecule has 0 unspecified atom stereocenters. The molecule has 2 aromatic rings. The van der Waals surface area contributed by atoms with Gasteiger partial charge in [-0.1, -0.05) is 15.9 Å². The van der Waals surface area contributed by atoms with Crippen LogP contribution in [0.3, 0.4) is 0 Å². The van der Waals surface area contributed by atoms with Gasteiger partial charge in [0.05, 0.1) is 11.6 Å². The lowest BCUT2D eigenvalue weighted by Gasteiger charge is -2.02. The number of hydrogen-bond acceptors (Lipinski definition) is 2. The minimum Gasteiger partial charge on any atom is -0.192 e. The Hall–Kier alpha value is -0.370. The van der Waals surface area contributed by atoms with E-state index >= 15 is 0 Å². The van der Waals surface area contributed by atoms with Crippen molar-refractivity contribution in [3.63, 3.8) is 0 Å². The zero-order chi connectivity index (χ0) is 10.1. The molecule has 0 saturated carbocycles. The highest BCUT2D eigenvalue weighted by Crippen LogP contribution is 2.35. The molecule has 0 N–H and O–H groups in total. The van der Waals surface area contributed by atoms with Gasteiger partial charge in [-0.05, 0) is 33.6 Å². The summed E-state index contributed by atoms with van der Waals surface area (Å²) >= 11 is 8.61. The third-order valence-corrected chi connectivity index (χ3v) is 4.49. The second kappa shape index (κ2) is 4.01. The van der Waals surface area contributed by atoms with Crippen molar-refractivity contribution in [3.8, 4) is 6.07 Å². The number of benzene rings is 1. The number of hydrogen-bond donors (Lipinski definition) is 0. The molecule has 0 spiro atoms. The SMILES string of the molecule is N#Cc1ccc2scc(Br)c2c1CBr. The highest BCUT2D eigenvalue weighted by atomic mass is 79.9. The van der Waals surface area contributed by atoms with E-state index in [9.17, 15) is 0 Å². The molecule has 0 aliphatic carbocycles. The maximum atomic E-state index is 8.95. The van der Waals surface area contributed by atoms with E-state index in [1.807, 2.05) is 12.1 Å². The molecule has 70 valence electrons. The molecule has 0 bridgehead atoms. The van der Waals surface area contributed by atoms with Crippen LogP contribution in [-0.2, 0) is 5.33 Å². The molecule has 1 heterocycles. The Balaban J connectivity index is 2.89. The fourth-order valence-corrected chi connectivity index (χ4v) is 3.70. The van der Waals surface area contributed by atoms with Gasteiger partial charge in [-0.3, -0.25) is 0 Å². The molecule has 0 fully saturated rings. The number of fused-ring (bicyclic) bond motifs is 1. The molecular formula is C10H5Br2NS. The van der Waals surface area contributed by atoms with Crippen molar-refractivity contribution in [1.29, 1.82) is 5.26 Å². The van der Waals surface area contributed by atoms with Gasteiger partial charge in [0, 0.05) is 25.3 Å². The van der Waals surface area contributed by atoms with Crippen LogP contribution < -0.4 is 0 Å².